The third kappa shape index (κ3) is 1.97. The molecule has 5 nitrogen and oxygen atoms in total. The molecule has 0 saturated carbocycles. The standard InChI is InChI=1S/C9H11N3O2S/c13-7(4-15)8(14)5-1-6-3-11-12-9(6)10-2-5/h1-3,7-8,13-15H,4H2,(H,10,11,12). The summed E-state index contributed by atoms with van der Waals surface area (Å²) in [4.78, 5) is 4.06. The predicted molar refractivity (Wildman–Crippen MR) is 58.7 cm³/mol. The van der Waals surface area contributed by atoms with Gasteiger partial charge in [0.15, 0.2) is 5.65 Å². The van der Waals surface area contributed by atoms with Gasteiger partial charge >= 0.3 is 0 Å². The first-order valence-corrected chi connectivity index (χ1v) is 5.11. The van der Waals surface area contributed by atoms with Gasteiger partial charge in [-0.25, -0.2) is 4.98 Å². The monoisotopic (exact) mass is 225 g/mol. The number of aromatic amines is 1. The van der Waals surface area contributed by atoms with Crippen molar-refractivity contribution in [2.45, 2.75) is 12.2 Å². The van der Waals surface area contributed by atoms with Crippen LogP contribution in [0.2, 0.25) is 0 Å². The van der Waals surface area contributed by atoms with E-state index in [1.807, 2.05) is 0 Å². The van der Waals surface area contributed by atoms with Gasteiger partial charge in [0.05, 0.1) is 12.3 Å². The van der Waals surface area contributed by atoms with E-state index in [1.165, 1.54) is 6.20 Å². The molecule has 2 heterocycles. The molecule has 6 heteroatoms. The maximum Gasteiger partial charge on any atom is 0.155 e. The number of aliphatic hydroxyl groups excluding tert-OH is 2. The Balaban J connectivity index is 2.35. The van der Waals surface area contributed by atoms with E-state index in [9.17, 15) is 10.2 Å². The van der Waals surface area contributed by atoms with Crippen LogP contribution >= 0.6 is 12.6 Å². The SMILES string of the molecule is OC(CS)C(O)c1cnc2[nH]ncc2c1. The van der Waals surface area contributed by atoms with Crippen LogP contribution in [0.3, 0.4) is 0 Å². The van der Waals surface area contributed by atoms with Crippen LogP contribution in [0.4, 0.5) is 0 Å². The minimum absolute atomic E-state index is 0.199. The number of hydrogen-bond donors (Lipinski definition) is 4. The smallest absolute Gasteiger partial charge is 0.155 e. The number of hydrogen-bond acceptors (Lipinski definition) is 5. The molecule has 0 spiro atoms. The summed E-state index contributed by atoms with van der Waals surface area (Å²) >= 11 is 3.92. The number of thiol groups is 1. The second-order valence-corrected chi connectivity index (χ2v) is 3.64. The summed E-state index contributed by atoms with van der Waals surface area (Å²) < 4.78 is 0. The molecule has 0 aromatic carbocycles. The van der Waals surface area contributed by atoms with Crippen molar-refractivity contribution in [1.29, 1.82) is 0 Å². The van der Waals surface area contributed by atoms with Crippen LogP contribution in [0.1, 0.15) is 11.7 Å². The van der Waals surface area contributed by atoms with Crippen molar-refractivity contribution < 1.29 is 10.2 Å². The lowest BCUT2D eigenvalue weighted by Gasteiger charge is -2.15. The van der Waals surface area contributed by atoms with Crippen molar-refractivity contribution in [1.82, 2.24) is 15.2 Å². The Morgan fingerprint density at radius 3 is 2.93 bits per heavy atom. The molecule has 2 aromatic rings. The second-order valence-electron chi connectivity index (χ2n) is 3.27. The summed E-state index contributed by atoms with van der Waals surface area (Å²) in [6.07, 6.45) is 1.28. The molecular weight excluding hydrogens is 214 g/mol. The molecule has 0 aliphatic carbocycles. The number of nitrogens with one attached hydrogen (secondary N) is 1. The van der Waals surface area contributed by atoms with Crippen molar-refractivity contribution >= 4 is 23.7 Å². The number of rotatable bonds is 3. The van der Waals surface area contributed by atoms with Crippen molar-refractivity contribution in [3.63, 3.8) is 0 Å². The van der Waals surface area contributed by atoms with E-state index in [0.717, 1.165) is 5.39 Å². The van der Waals surface area contributed by atoms with Gasteiger partial charge in [-0.15, -0.1) is 0 Å². The molecule has 15 heavy (non-hydrogen) atoms. The van der Waals surface area contributed by atoms with Crippen molar-refractivity contribution in [2.75, 3.05) is 5.75 Å². The number of pyridine rings is 1. The lowest BCUT2D eigenvalue weighted by Crippen LogP contribution is -2.19. The van der Waals surface area contributed by atoms with E-state index in [0.29, 0.717) is 11.2 Å². The van der Waals surface area contributed by atoms with E-state index in [1.54, 1.807) is 12.3 Å². The van der Waals surface area contributed by atoms with E-state index in [-0.39, 0.29) is 5.75 Å². The minimum Gasteiger partial charge on any atom is -0.389 e. The molecule has 0 amide bonds. The van der Waals surface area contributed by atoms with Gasteiger partial charge in [-0.2, -0.15) is 17.7 Å². The van der Waals surface area contributed by atoms with Gasteiger partial charge in [0.1, 0.15) is 6.10 Å². The highest BCUT2D eigenvalue weighted by Crippen LogP contribution is 2.19. The largest absolute Gasteiger partial charge is 0.389 e. The first kappa shape index (κ1) is 10.4. The molecule has 0 bridgehead atoms. The van der Waals surface area contributed by atoms with Crippen molar-refractivity contribution in [2.24, 2.45) is 0 Å². The van der Waals surface area contributed by atoms with Gasteiger partial charge in [-0.3, -0.25) is 5.10 Å². The first-order chi connectivity index (χ1) is 7.22. The Labute approximate surface area is 91.6 Å². The number of aliphatic hydroxyl groups is 2. The third-order valence-corrected chi connectivity index (χ3v) is 2.58. The zero-order valence-electron chi connectivity index (χ0n) is 7.83. The molecule has 2 unspecified atom stereocenters. The fraction of sp³-hybridized carbons (Fsp3) is 0.333. The highest BCUT2D eigenvalue weighted by molar-refractivity contribution is 7.80. The van der Waals surface area contributed by atoms with Crippen LogP contribution in [0.5, 0.6) is 0 Å². The lowest BCUT2D eigenvalue weighted by atomic mass is 10.1. The second kappa shape index (κ2) is 4.18. The van der Waals surface area contributed by atoms with E-state index in [2.05, 4.69) is 27.8 Å². The zero-order valence-corrected chi connectivity index (χ0v) is 8.72. The number of H-pyrrole nitrogens is 1. The zero-order chi connectivity index (χ0) is 10.8. The van der Waals surface area contributed by atoms with E-state index >= 15 is 0 Å². The molecule has 2 rings (SSSR count). The molecule has 0 saturated heterocycles. The Kier molecular flexibility index (Phi) is 2.90. The van der Waals surface area contributed by atoms with Crippen LogP contribution in [-0.4, -0.2) is 37.3 Å². The third-order valence-electron chi connectivity index (χ3n) is 2.21. The average molecular weight is 225 g/mol. The summed E-state index contributed by atoms with van der Waals surface area (Å²) in [5.41, 5.74) is 1.22. The average Bonchev–Trinajstić information content (AvgIpc) is 2.73. The summed E-state index contributed by atoms with van der Waals surface area (Å²) in [6.45, 7) is 0. The summed E-state index contributed by atoms with van der Waals surface area (Å²) in [5.74, 6) is 0.199. The molecule has 0 radical (unpaired) electrons. The summed E-state index contributed by atoms with van der Waals surface area (Å²) in [7, 11) is 0. The molecule has 3 N–H and O–H groups in total. The maximum atomic E-state index is 9.72. The molecule has 2 aromatic heterocycles. The van der Waals surface area contributed by atoms with Crippen LogP contribution in [0.15, 0.2) is 18.5 Å². The first-order valence-electron chi connectivity index (χ1n) is 4.48. The van der Waals surface area contributed by atoms with Gasteiger partial charge in [-0.05, 0) is 6.07 Å². The fourth-order valence-corrected chi connectivity index (χ4v) is 1.54. The highest BCUT2D eigenvalue weighted by atomic mass is 32.1. The van der Waals surface area contributed by atoms with E-state index < -0.39 is 12.2 Å². The molecule has 80 valence electrons. The van der Waals surface area contributed by atoms with Gasteiger partial charge in [0, 0.05) is 22.9 Å². The van der Waals surface area contributed by atoms with E-state index in [4.69, 9.17) is 0 Å². The lowest BCUT2D eigenvalue weighted by molar-refractivity contribution is 0.0336. The van der Waals surface area contributed by atoms with Crippen molar-refractivity contribution in [3.8, 4) is 0 Å². The number of aromatic nitrogens is 3. The van der Waals surface area contributed by atoms with Crippen LogP contribution in [-0.2, 0) is 0 Å². The number of fused-ring (bicyclic) bond motifs is 1. The van der Waals surface area contributed by atoms with Gasteiger partial charge in [0.2, 0.25) is 0 Å². The quantitative estimate of drug-likeness (QED) is 0.566. The van der Waals surface area contributed by atoms with Crippen LogP contribution < -0.4 is 0 Å². The molecular formula is C9H11N3O2S. The Morgan fingerprint density at radius 1 is 1.40 bits per heavy atom. The van der Waals surface area contributed by atoms with Crippen molar-refractivity contribution in [3.05, 3.63) is 24.0 Å². The molecule has 0 aliphatic rings. The predicted octanol–water partition coefficient (Wildman–Crippen LogP) is 0.282. The van der Waals surface area contributed by atoms with Crippen LogP contribution in [0.25, 0.3) is 11.0 Å². The van der Waals surface area contributed by atoms with Gasteiger partial charge in [0.25, 0.3) is 0 Å². The Hall–Kier alpha value is -1.11. The van der Waals surface area contributed by atoms with Crippen LogP contribution in [0, 0.1) is 0 Å². The Morgan fingerprint density at radius 2 is 2.20 bits per heavy atom. The molecule has 2 atom stereocenters. The topological polar surface area (TPSA) is 82.0 Å². The minimum atomic E-state index is -0.964. The number of nitrogens with zero attached hydrogens (tertiary/aromatic N) is 2. The summed E-state index contributed by atoms with van der Waals surface area (Å²) in [6, 6.07) is 1.74. The maximum absolute atomic E-state index is 9.72. The highest BCUT2D eigenvalue weighted by Gasteiger charge is 2.17. The summed E-state index contributed by atoms with van der Waals surface area (Å²) in [5, 5.41) is 26.5. The normalized spacial score (nSPS) is 15.4. The Bertz CT molecular complexity index is 459. The fourth-order valence-electron chi connectivity index (χ4n) is 1.34. The molecule has 0 aliphatic heterocycles. The van der Waals surface area contributed by atoms with Gasteiger partial charge < -0.3 is 10.2 Å². The molecule has 0 fully saturated rings. The van der Waals surface area contributed by atoms with Gasteiger partial charge in [-0.1, -0.05) is 0 Å².